The molecule has 0 radical (unpaired) electrons. The van der Waals surface area contributed by atoms with E-state index in [1.165, 1.54) is 0 Å². The van der Waals surface area contributed by atoms with E-state index in [0.717, 1.165) is 32.7 Å². The SMILES string of the molecule is O=C(O)C(C=Cc1cccc2ccccc12)c1ccc2ccccc2c1. The van der Waals surface area contributed by atoms with Crippen molar-refractivity contribution in [1.29, 1.82) is 0 Å². The summed E-state index contributed by atoms with van der Waals surface area (Å²) in [5, 5.41) is 14.2. The summed E-state index contributed by atoms with van der Waals surface area (Å²) >= 11 is 0. The minimum absolute atomic E-state index is 0.682. The number of carbonyl (C=O) groups is 1. The van der Waals surface area contributed by atoms with Crippen molar-refractivity contribution in [2.45, 2.75) is 5.92 Å². The molecule has 1 N–H and O–H groups in total. The summed E-state index contributed by atoms with van der Waals surface area (Å²) < 4.78 is 0. The number of aliphatic carboxylic acids is 1. The van der Waals surface area contributed by atoms with Crippen molar-refractivity contribution < 1.29 is 9.90 Å². The fraction of sp³-hybridized carbons (Fsp3) is 0.0417. The number of hydrogen-bond donors (Lipinski definition) is 1. The van der Waals surface area contributed by atoms with Crippen molar-refractivity contribution in [2.24, 2.45) is 0 Å². The highest BCUT2D eigenvalue weighted by atomic mass is 16.4. The zero-order chi connectivity index (χ0) is 17.9. The van der Waals surface area contributed by atoms with E-state index in [9.17, 15) is 9.90 Å². The maximum absolute atomic E-state index is 11.9. The minimum Gasteiger partial charge on any atom is -0.481 e. The van der Waals surface area contributed by atoms with Gasteiger partial charge in [-0.15, -0.1) is 0 Å². The van der Waals surface area contributed by atoms with Crippen molar-refractivity contribution in [1.82, 2.24) is 0 Å². The largest absolute Gasteiger partial charge is 0.481 e. The highest BCUT2D eigenvalue weighted by Crippen LogP contribution is 2.26. The molecule has 2 heteroatoms. The summed E-state index contributed by atoms with van der Waals surface area (Å²) in [4.78, 5) is 11.9. The lowest BCUT2D eigenvalue weighted by Crippen LogP contribution is -2.08. The monoisotopic (exact) mass is 338 g/mol. The van der Waals surface area contributed by atoms with Gasteiger partial charge < -0.3 is 5.11 Å². The molecule has 4 rings (SSSR count). The van der Waals surface area contributed by atoms with Crippen LogP contribution < -0.4 is 0 Å². The van der Waals surface area contributed by atoms with Gasteiger partial charge in [-0.05, 0) is 38.7 Å². The van der Waals surface area contributed by atoms with E-state index < -0.39 is 11.9 Å². The summed E-state index contributed by atoms with van der Waals surface area (Å²) in [5.74, 6) is -1.53. The third-order valence-corrected chi connectivity index (χ3v) is 4.69. The lowest BCUT2D eigenvalue weighted by atomic mass is 9.94. The van der Waals surface area contributed by atoms with Gasteiger partial charge >= 0.3 is 5.97 Å². The van der Waals surface area contributed by atoms with Crippen molar-refractivity contribution in [3.8, 4) is 0 Å². The first kappa shape index (κ1) is 16.1. The Hall–Kier alpha value is -3.39. The van der Waals surface area contributed by atoms with Gasteiger partial charge in [0, 0.05) is 0 Å². The van der Waals surface area contributed by atoms with Gasteiger partial charge in [0.15, 0.2) is 0 Å². The van der Waals surface area contributed by atoms with Crippen LogP contribution in [0.2, 0.25) is 0 Å². The summed E-state index contributed by atoms with van der Waals surface area (Å²) in [5.41, 5.74) is 1.81. The van der Waals surface area contributed by atoms with Crippen molar-refractivity contribution in [3.63, 3.8) is 0 Å². The molecule has 0 aliphatic carbocycles. The van der Waals surface area contributed by atoms with Crippen LogP contribution in [0.5, 0.6) is 0 Å². The zero-order valence-corrected chi connectivity index (χ0v) is 14.2. The van der Waals surface area contributed by atoms with Crippen molar-refractivity contribution in [3.05, 3.63) is 102 Å². The van der Waals surface area contributed by atoms with Gasteiger partial charge in [0.05, 0.1) is 0 Å². The minimum atomic E-state index is -0.850. The van der Waals surface area contributed by atoms with E-state index in [1.54, 1.807) is 6.08 Å². The quantitative estimate of drug-likeness (QED) is 0.505. The molecule has 4 aromatic rings. The van der Waals surface area contributed by atoms with Crippen LogP contribution in [0.1, 0.15) is 17.0 Å². The third-order valence-electron chi connectivity index (χ3n) is 4.69. The summed E-state index contributed by atoms with van der Waals surface area (Å²) in [6.45, 7) is 0. The van der Waals surface area contributed by atoms with Gasteiger partial charge in [-0.3, -0.25) is 4.79 Å². The highest BCUT2D eigenvalue weighted by Gasteiger charge is 2.17. The van der Waals surface area contributed by atoms with Crippen LogP contribution in [0.15, 0.2) is 91.0 Å². The average molecular weight is 338 g/mol. The molecule has 0 spiro atoms. The normalized spacial score (nSPS) is 12.6. The van der Waals surface area contributed by atoms with E-state index >= 15 is 0 Å². The number of benzene rings is 4. The molecule has 0 bridgehead atoms. The number of hydrogen-bond acceptors (Lipinski definition) is 1. The fourth-order valence-electron chi connectivity index (χ4n) is 3.33. The van der Waals surface area contributed by atoms with Crippen LogP contribution in [0.3, 0.4) is 0 Å². The van der Waals surface area contributed by atoms with E-state index in [-0.39, 0.29) is 0 Å². The van der Waals surface area contributed by atoms with Gasteiger partial charge in [-0.2, -0.15) is 0 Å². The fourth-order valence-corrected chi connectivity index (χ4v) is 3.33. The molecule has 0 amide bonds. The first-order valence-corrected chi connectivity index (χ1v) is 8.60. The van der Waals surface area contributed by atoms with Gasteiger partial charge in [0.25, 0.3) is 0 Å². The molecule has 1 unspecified atom stereocenters. The van der Waals surface area contributed by atoms with Crippen LogP contribution in [-0.2, 0) is 4.79 Å². The molecule has 0 saturated heterocycles. The Labute approximate surface area is 152 Å². The summed E-state index contributed by atoms with van der Waals surface area (Å²) in [6.07, 6.45) is 3.69. The Morgan fingerprint density at radius 3 is 2.27 bits per heavy atom. The Morgan fingerprint density at radius 2 is 1.46 bits per heavy atom. The molecule has 0 fully saturated rings. The Bertz CT molecular complexity index is 1120. The first-order chi connectivity index (χ1) is 12.7. The van der Waals surface area contributed by atoms with E-state index in [0.29, 0.717) is 0 Å². The topological polar surface area (TPSA) is 37.3 Å². The summed E-state index contributed by atoms with van der Waals surface area (Å²) in [6, 6.07) is 28.0. The Kier molecular flexibility index (Phi) is 4.24. The maximum Gasteiger partial charge on any atom is 0.314 e. The van der Waals surface area contributed by atoms with E-state index in [4.69, 9.17) is 0 Å². The van der Waals surface area contributed by atoms with E-state index in [2.05, 4.69) is 18.2 Å². The van der Waals surface area contributed by atoms with Gasteiger partial charge in [0.2, 0.25) is 0 Å². The second-order valence-corrected chi connectivity index (χ2v) is 6.35. The van der Waals surface area contributed by atoms with Crippen LogP contribution in [0.25, 0.3) is 27.6 Å². The molecule has 4 aromatic carbocycles. The molecule has 26 heavy (non-hydrogen) atoms. The van der Waals surface area contributed by atoms with Crippen LogP contribution in [0, 0.1) is 0 Å². The number of fused-ring (bicyclic) bond motifs is 2. The van der Waals surface area contributed by atoms with Crippen LogP contribution in [-0.4, -0.2) is 11.1 Å². The van der Waals surface area contributed by atoms with E-state index in [1.807, 2.05) is 72.8 Å². The Balaban J connectivity index is 1.74. The lowest BCUT2D eigenvalue weighted by Gasteiger charge is -2.10. The van der Waals surface area contributed by atoms with Crippen LogP contribution in [0.4, 0.5) is 0 Å². The average Bonchev–Trinajstić information content (AvgIpc) is 2.68. The molecular weight excluding hydrogens is 320 g/mol. The second-order valence-electron chi connectivity index (χ2n) is 6.35. The molecule has 0 aliphatic heterocycles. The van der Waals surface area contributed by atoms with Gasteiger partial charge in [0.1, 0.15) is 5.92 Å². The first-order valence-electron chi connectivity index (χ1n) is 8.60. The van der Waals surface area contributed by atoms with Crippen LogP contribution >= 0.6 is 0 Å². The lowest BCUT2D eigenvalue weighted by molar-refractivity contribution is -0.137. The predicted octanol–water partition coefficient (Wildman–Crippen LogP) is 5.87. The number of rotatable bonds is 4. The molecule has 2 nitrogen and oxygen atoms in total. The Morgan fingerprint density at radius 1 is 0.769 bits per heavy atom. The zero-order valence-electron chi connectivity index (χ0n) is 14.2. The maximum atomic E-state index is 11.9. The molecule has 126 valence electrons. The summed E-state index contributed by atoms with van der Waals surface area (Å²) in [7, 11) is 0. The number of carboxylic acids is 1. The van der Waals surface area contributed by atoms with Gasteiger partial charge in [-0.1, -0.05) is 91.0 Å². The molecule has 0 aromatic heterocycles. The van der Waals surface area contributed by atoms with Gasteiger partial charge in [-0.25, -0.2) is 0 Å². The molecular formula is C24H18O2. The molecule has 1 atom stereocenters. The van der Waals surface area contributed by atoms with Crippen molar-refractivity contribution >= 4 is 33.6 Å². The molecule has 0 heterocycles. The second kappa shape index (κ2) is 6.85. The molecule has 0 saturated carbocycles. The predicted molar refractivity (Wildman–Crippen MR) is 107 cm³/mol. The smallest absolute Gasteiger partial charge is 0.314 e. The third kappa shape index (κ3) is 3.09. The van der Waals surface area contributed by atoms with Crippen molar-refractivity contribution in [2.75, 3.05) is 0 Å². The molecule has 0 aliphatic rings. The highest BCUT2D eigenvalue weighted by molar-refractivity contribution is 5.92. The standard InChI is InChI=1S/C24H18O2/c25-24(26)23(21-13-12-17-6-1-2-8-20(17)16-21)15-14-19-10-5-9-18-7-3-4-11-22(18)19/h1-16,23H,(H,25,26). The number of carboxylic acid groups (broad SMARTS) is 1.